The van der Waals surface area contributed by atoms with Crippen LogP contribution < -0.4 is 11.1 Å². The molecule has 0 saturated heterocycles. The Bertz CT molecular complexity index is 645. The van der Waals surface area contributed by atoms with Crippen molar-refractivity contribution in [3.63, 3.8) is 0 Å². The van der Waals surface area contributed by atoms with Crippen LogP contribution in [-0.2, 0) is 0 Å². The second-order valence-electron chi connectivity index (χ2n) is 4.88. The molecule has 0 fully saturated rings. The maximum Gasteiger partial charge on any atom is 0.228 e. The summed E-state index contributed by atoms with van der Waals surface area (Å²) in [5, 5.41) is 2.91. The number of hydrogen-bond acceptors (Lipinski definition) is 5. The van der Waals surface area contributed by atoms with Gasteiger partial charge >= 0.3 is 0 Å². The second-order valence-corrected chi connectivity index (χ2v) is 4.88. The van der Waals surface area contributed by atoms with E-state index in [0.29, 0.717) is 5.56 Å². The Morgan fingerprint density at radius 2 is 1.90 bits per heavy atom. The molecule has 2 aromatic rings. The first-order valence-corrected chi connectivity index (χ1v) is 6.55. The molecule has 2 unspecified atom stereocenters. The zero-order chi connectivity index (χ0) is 15.6. The fourth-order valence-corrected chi connectivity index (χ4v) is 1.91. The number of benzene rings is 1. The molecular formula is C14H17F2N5. The molecule has 2 atom stereocenters. The molecule has 0 bridgehead atoms. The zero-order valence-electron chi connectivity index (χ0n) is 12.1. The molecule has 1 heterocycles. The van der Waals surface area contributed by atoms with E-state index >= 15 is 0 Å². The van der Waals surface area contributed by atoms with Gasteiger partial charge in [0.1, 0.15) is 5.82 Å². The van der Waals surface area contributed by atoms with Gasteiger partial charge in [-0.15, -0.1) is 0 Å². The Morgan fingerprint density at radius 3 is 2.52 bits per heavy atom. The number of alkyl halides is 1. The monoisotopic (exact) mass is 293 g/mol. The van der Waals surface area contributed by atoms with Crippen molar-refractivity contribution in [3.8, 4) is 0 Å². The summed E-state index contributed by atoms with van der Waals surface area (Å²) in [7, 11) is 0. The number of nitrogens with two attached hydrogens (primary N) is 1. The van der Waals surface area contributed by atoms with Gasteiger partial charge in [-0.1, -0.05) is 12.1 Å². The third-order valence-electron chi connectivity index (χ3n) is 2.99. The van der Waals surface area contributed by atoms with Crippen LogP contribution in [0.25, 0.3) is 0 Å². The van der Waals surface area contributed by atoms with E-state index in [1.807, 2.05) is 13.0 Å². The predicted molar refractivity (Wildman–Crippen MR) is 76.9 cm³/mol. The van der Waals surface area contributed by atoms with Gasteiger partial charge in [0.15, 0.2) is 12.0 Å². The summed E-state index contributed by atoms with van der Waals surface area (Å²) >= 11 is 0. The quantitative estimate of drug-likeness (QED) is 0.905. The molecule has 5 nitrogen and oxygen atoms in total. The standard InChI is InChI=1S/C14H17F2N5/c1-7-4-5-10(11(16)6-7)9(3)18-14-20-12(8(2)15)19-13(17)21-14/h4-6,8-9H,1-3H3,(H3,17,18,19,20,21). The number of aromatic nitrogens is 3. The molecule has 3 N–H and O–H groups in total. The maximum absolute atomic E-state index is 13.9. The van der Waals surface area contributed by atoms with Gasteiger partial charge in [-0.05, 0) is 32.4 Å². The van der Waals surface area contributed by atoms with E-state index in [4.69, 9.17) is 5.73 Å². The average molecular weight is 293 g/mol. The van der Waals surface area contributed by atoms with Crippen molar-refractivity contribution >= 4 is 11.9 Å². The van der Waals surface area contributed by atoms with E-state index in [0.717, 1.165) is 5.56 Å². The average Bonchev–Trinajstić information content (AvgIpc) is 2.37. The smallest absolute Gasteiger partial charge is 0.228 e. The van der Waals surface area contributed by atoms with Crippen molar-refractivity contribution in [1.29, 1.82) is 0 Å². The Kier molecular flexibility index (Phi) is 4.30. The third-order valence-corrected chi connectivity index (χ3v) is 2.99. The summed E-state index contributed by atoms with van der Waals surface area (Å²) in [5.74, 6) is -0.337. The Labute approximate surface area is 121 Å². The molecule has 1 aromatic carbocycles. The number of aryl methyl sites for hydroxylation is 1. The highest BCUT2D eigenvalue weighted by Gasteiger charge is 2.15. The first-order chi connectivity index (χ1) is 9.86. The SMILES string of the molecule is Cc1ccc(C(C)Nc2nc(N)nc(C(C)F)n2)c(F)c1. The first-order valence-electron chi connectivity index (χ1n) is 6.55. The number of rotatable bonds is 4. The normalized spacial score (nSPS) is 13.8. The summed E-state index contributed by atoms with van der Waals surface area (Å²) in [6, 6.07) is 4.55. The summed E-state index contributed by atoms with van der Waals surface area (Å²) in [6.45, 7) is 4.88. The van der Waals surface area contributed by atoms with Crippen LogP contribution >= 0.6 is 0 Å². The number of nitrogen functional groups attached to an aromatic ring is 1. The minimum absolute atomic E-state index is 0.0541. The van der Waals surface area contributed by atoms with E-state index < -0.39 is 12.2 Å². The predicted octanol–water partition coefficient (Wildman–Crippen LogP) is 3.10. The minimum Gasteiger partial charge on any atom is -0.368 e. The van der Waals surface area contributed by atoms with Crippen LogP contribution in [0.5, 0.6) is 0 Å². The molecule has 0 aliphatic carbocycles. The van der Waals surface area contributed by atoms with Crippen LogP contribution in [0.2, 0.25) is 0 Å². The van der Waals surface area contributed by atoms with Gasteiger partial charge in [0, 0.05) is 5.56 Å². The van der Waals surface area contributed by atoms with Gasteiger partial charge in [-0.25, -0.2) is 8.78 Å². The highest BCUT2D eigenvalue weighted by molar-refractivity contribution is 5.36. The van der Waals surface area contributed by atoms with Crippen LogP contribution in [0, 0.1) is 12.7 Å². The van der Waals surface area contributed by atoms with Crippen molar-refractivity contribution < 1.29 is 8.78 Å². The summed E-state index contributed by atoms with van der Waals surface area (Å²) in [4.78, 5) is 11.5. The molecule has 0 aliphatic heterocycles. The van der Waals surface area contributed by atoms with Crippen LogP contribution in [0.15, 0.2) is 18.2 Å². The number of hydrogen-bond donors (Lipinski definition) is 2. The fourth-order valence-electron chi connectivity index (χ4n) is 1.91. The number of anilines is 2. The highest BCUT2D eigenvalue weighted by atomic mass is 19.1. The molecular weight excluding hydrogens is 276 g/mol. The molecule has 0 aliphatic rings. The molecule has 0 saturated carbocycles. The topological polar surface area (TPSA) is 76.7 Å². The Morgan fingerprint density at radius 1 is 1.19 bits per heavy atom. The fraction of sp³-hybridized carbons (Fsp3) is 0.357. The van der Waals surface area contributed by atoms with Gasteiger partial charge < -0.3 is 11.1 Å². The van der Waals surface area contributed by atoms with E-state index in [1.165, 1.54) is 13.0 Å². The minimum atomic E-state index is -1.36. The molecule has 112 valence electrons. The van der Waals surface area contributed by atoms with E-state index in [9.17, 15) is 8.78 Å². The molecule has 21 heavy (non-hydrogen) atoms. The molecule has 2 rings (SSSR count). The van der Waals surface area contributed by atoms with Crippen LogP contribution in [0.3, 0.4) is 0 Å². The number of halogens is 2. The molecule has 0 radical (unpaired) electrons. The lowest BCUT2D eigenvalue weighted by molar-refractivity contribution is 0.356. The van der Waals surface area contributed by atoms with Gasteiger partial charge in [-0.3, -0.25) is 0 Å². The van der Waals surface area contributed by atoms with Gasteiger partial charge in [-0.2, -0.15) is 15.0 Å². The lowest BCUT2D eigenvalue weighted by Gasteiger charge is -2.16. The van der Waals surface area contributed by atoms with E-state index in [2.05, 4.69) is 20.3 Å². The largest absolute Gasteiger partial charge is 0.368 e. The van der Waals surface area contributed by atoms with Gasteiger partial charge in [0.25, 0.3) is 0 Å². The van der Waals surface area contributed by atoms with Gasteiger partial charge in [0.05, 0.1) is 6.04 Å². The molecule has 7 heteroatoms. The summed E-state index contributed by atoms with van der Waals surface area (Å²) in [6.07, 6.45) is -1.36. The molecule has 1 aromatic heterocycles. The Balaban J connectivity index is 2.25. The third kappa shape index (κ3) is 3.62. The molecule has 0 spiro atoms. The summed E-state index contributed by atoms with van der Waals surface area (Å²) in [5.41, 5.74) is 6.82. The van der Waals surface area contributed by atoms with Crippen molar-refractivity contribution in [3.05, 3.63) is 41.0 Å². The maximum atomic E-state index is 13.9. The van der Waals surface area contributed by atoms with Crippen molar-refractivity contribution in [2.24, 2.45) is 0 Å². The lowest BCUT2D eigenvalue weighted by Crippen LogP contribution is -2.14. The van der Waals surface area contributed by atoms with Crippen LogP contribution in [0.1, 0.15) is 43.0 Å². The molecule has 0 amide bonds. The van der Waals surface area contributed by atoms with Crippen LogP contribution in [0.4, 0.5) is 20.7 Å². The van der Waals surface area contributed by atoms with Gasteiger partial charge in [0.2, 0.25) is 11.9 Å². The number of nitrogens with zero attached hydrogens (tertiary/aromatic N) is 3. The number of nitrogens with one attached hydrogen (secondary N) is 1. The first kappa shape index (κ1) is 15.1. The Hall–Kier alpha value is -2.31. The highest BCUT2D eigenvalue weighted by Crippen LogP contribution is 2.22. The van der Waals surface area contributed by atoms with Crippen molar-refractivity contribution in [1.82, 2.24) is 15.0 Å². The lowest BCUT2D eigenvalue weighted by atomic mass is 10.1. The zero-order valence-corrected chi connectivity index (χ0v) is 12.1. The van der Waals surface area contributed by atoms with Crippen molar-refractivity contribution in [2.75, 3.05) is 11.1 Å². The summed E-state index contributed by atoms with van der Waals surface area (Å²) < 4.78 is 27.2. The van der Waals surface area contributed by atoms with Crippen LogP contribution in [-0.4, -0.2) is 15.0 Å². The van der Waals surface area contributed by atoms with E-state index in [1.54, 1.807) is 13.0 Å². The second kappa shape index (κ2) is 5.99. The van der Waals surface area contributed by atoms with Crippen molar-refractivity contribution in [2.45, 2.75) is 33.0 Å². The van der Waals surface area contributed by atoms with E-state index in [-0.39, 0.29) is 23.5 Å².